The van der Waals surface area contributed by atoms with Crippen LogP contribution in [-0.2, 0) is 4.79 Å². The molecule has 0 spiro atoms. The first-order valence-electron chi connectivity index (χ1n) is 4.73. The lowest BCUT2D eigenvalue weighted by Crippen LogP contribution is -2.15. The van der Waals surface area contributed by atoms with Gasteiger partial charge in [0.1, 0.15) is 6.42 Å². The molecular formula is C12H11N3O. The minimum atomic E-state index is -0.410. The van der Waals surface area contributed by atoms with E-state index in [0.717, 1.165) is 5.56 Å². The molecule has 0 aliphatic carbocycles. The van der Waals surface area contributed by atoms with E-state index in [1.165, 1.54) is 6.21 Å². The molecule has 1 aromatic rings. The molecule has 1 amide bonds. The number of carbonyl (C=O) groups is 1. The second-order valence-electron chi connectivity index (χ2n) is 2.92. The molecule has 1 N–H and O–H groups in total. The summed E-state index contributed by atoms with van der Waals surface area (Å²) in [7, 11) is 0. The Labute approximate surface area is 93.9 Å². The SMILES string of the molecule is N#CCC(=O)NN=CC=Cc1ccccc1. The number of nitrogens with zero attached hydrogens (tertiary/aromatic N) is 2. The van der Waals surface area contributed by atoms with Crippen molar-refractivity contribution in [2.45, 2.75) is 6.42 Å². The van der Waals surface area contributed by atoms with Gasteiger partial charge in [-0.2, -0.15) is 10.4 Å². The van der Waals surface area contributed by atoms with E-state index in [1.54, 1.807) is 12.1 Å². The molecule has 0 aliphatic rings. The van der Waals surface area contributed by atoms with Gasteiger partial charge < -0.3 is 0 Å². The van der Waals surface area contributed by atoms with E-state index < -0.39 is 5.91 Å². The highest BCUT2D eigenvalue weighted by Crippen LogP contribution is 1.99. The van der Waals surface area contributed by atoms with Crippen LogP contribution >= 0.6 is 0 Å². The summed E-state index contributed by atoms with van der Waals surface area (Å²) in [6.07, 6.45) is 4.85. The Morgan fingerprint density at radius 2 is 2.19 bits per heavy atom. The van der Waals surface area contributed by atoms with E-state index in [9.17, 15) is 4.79 Å². The monoisotopic (exact) mass is 213 g/mol. The number of hydrazone groups is 1. The van der Waals surface area contributed by atoms with E-state index in [1.807, 2.05) is 36.4 Å². The fraction of sp³-hybridized carbons (Fsp3) is 0.0833. The first kappa shape index (κ1) is 11.7. The molecule has 0 aromatic heterocycles. The Hall–Kier alpha value is -2.41. The van der Waals surface area contributed by atoms with E-state index >= 15 is 0 Å². The van der Waals surface area contributed by atoms with Gasteiger partial charge in [0.05, 0.1) is 6.07 Å². The third-order valence-electron chi connectivity index (χ3n) is 1.68. The molecule has 0 bridgehead atoms. The van der Waals surface area contributed by atoms with E-state index in [-0.39, 0.29) is 6.42 Å². The van der Waals surface area contributed by atoms with Crippen LogP contribution in [0.1, 0.15) is 12.0 Å². The number of carbonyl (C=O) groups excluding carboxylic acids is 1. The van der Waals surface area contributed by atoms with Crippen molar-refractivity contribution in [3.63, 3.8) is 0 Å². The normalized spacial score (nSPS) is 10.4. The summed E-state index contributed by atoms with van der Waals surface area (Å²) in [5.74, 6) is -0.410. The van der Waals surface area contributed by atoms with Crippen molar-refractivity contribution < 1.29 is 4.79 Å². The number of benzene rings is 1. The van der Waals surface area contributed by atoms with Gasteiger partial charge in [0.15, 0.2) is 0 Å². The first-order chi connectivity index (χ1) is 7.83. The fourth-order valence-electron chi connectivity index (χ4n) is 0.982. The summed E-state index contributed by atoms with van der Waals surface area (Å²) in [6.45, 7) is 0. The van der Waals surface area contributed by atoms with Gasteiger partial charge in [-0.25, -0.2) is 5.43 Å². The predicted octanol–water partition coefficient (Wildman–Crippen LogP) is 1.72. The number of amides is 1. The zero-order chi connectivity index (χ0) is 11.6. The summed E-state index contributed by atoms with van der Waals surface area (Å²) in [6, 6.07) is 11.5. The largest absolute Gasteiger partial charge is 0.272 e. The Morgan fingerprint density at radius 3 is 2.88 bits per heavy atom. The zero-order valence-corrected chi connectivity index (χ0v) is 8.63. The number of rotatable bonds is 4. The van der Waals surface area contributed by atoms with Crippen LogP contribution in [0, 0.1) is 11.3 Å². The summed E-state index contributed by atoms with van der Waals surface area (Å²) < 4.78 is 0. The molecule has 0 unspecified atom stereocenters. The molecule has 0 saturated carbocycles. The van der Waals surface area contributed by atoms with Gasteiger partial charge in [-0.05, 0) is 11.6 Å². The minimum Gasteiger partial charge on any atom is -0.272 e. The Balaban J connectivity index is 2.35. The molecule has 0 radical (unpaired) electrons. The van der Waals surface area contributed by atoms with Crippen molar-refractivity contribution in [1.29, 1.82) is 5.26 Å². The van der Waals surface area contributed by atoms with Crippen molar-refractivity contribution in [2.24, 2.45) is 5.10 Å². The maximum absolute atomic E-state index is 10.8. The first-order valence-corrected chi connectivity index (χ1v) is 4.73. The van der Waals surface area contributed by atoms with Gasteiger partial charge in [-0.1, -0.05) is 36.4 Å². The number of hydrogen-bond donors (Lipinski definition) is 1. The minimum absolute atomic E-state index is 0.181. The molecule has 0 saturated heterocycles. The molecule has 4 heteroatoms. The van der Waals surface area contributed by atoms with Crippen LogP contribution in [0.15, 0.2) is 41.5 Å². The van der Waals surface area contributed by atoms with Crippen molar-refractivity contribution in [3.05, 3.63) is 42.0 Å². The Morgan fingerprint density at radius 1 is 1.44 bits per heavy atom. The highest BCUT2D eigenvalue weighted by molar-refractivity contribution is 5.82. The average Bonchev–Trinajstić information content (AvgIpc) is 2.30. The maximum Gasteiger partial charge on any atom is 0.254 e. The summed E-state index contributed by atoms with van der Waals surface area (Å²) in [5, 5.41) is 11.9. The third kappa shape index (κ3) is 4.72. The van der Waals surface area contributed by atoms with Crippen molar-refractivity contribution in [2.75, 3.05) is 0 Å². The molecule has 0 atom stereocenters. The number of allylic oxidation sites excluding steroid dienone is 1. The van der Waals surface area contributed by atoms with E-state index in [0.29, 0.717) is 0 Å². The predicted molar refractivity (Wildman–Crippen MR) is 62.3 cm³/mol. The molecule has 1 aromatic carbocycles. The summed E-state index contributed by atoms with van der Waals surface area (Å²) in [5.41, 5.74) is 3.28. The Kier molecular flexibility index (Phi) is 5.07. The lowest BCUT2D eigenvalue weighted by atomic mass is 10.2. The van der Waals surface area contributed by atoms with Gasteiger partial charge in [0, 0.05) is 6.21 Å². The van der Waals surface area contributed by atoms with Crippen LogP contribution in [-0.4, -0.2) is 12.1 Å². The number of nitriles is 1. The fourth-order valence-corrected chi connectivity index (χ4v) is 0.982. The van der Waals surface area contributed by atoms with Crippen LogP contribution in [0.2, 0.25) is 0 Å². The molecule has 0 fully saturated rings. The van der Waals surface area contributed by atoms with Crippen molar-refractivity contribution in [3.8, 4) is 6.07 Å². The van der Waals surface area contributed by atoms with Crippen LogP contribution in [0.4, 0.5) is 0 Å². The molecule has 80 valence electrons. The molecule has 0 heterocycles. The van der Waals surface area contributed by atoms with E-state index in [2.05, 4.69) is 10.5 Å². The van der Waals surface area contributed by atoms with Crippen LogP contribution in [0.5, 0.6) is 0 Å². The highest BCUT2D eigenvalue weighted by Gasteiger charge is 1.93. The average molecular weight is 213 g/mol. The van der Waals surface area contributed by atoms with Crippen molar-refractivity contribution in [1.82, 2.24) is 5.43 Å². The second-order valence-corrected chi connectivity index (χ2v) is 2.92. The zero-order valence-electron chi connectivity index (χ0n) is 8.63. The molecule has 1 rings (SSSR count). The lowest BCUT2D eigenvalue weighted by molar-refractivity contribution is -0.120. The standard InChI is InChI=1S/C12H11N3O/c13-9-8-12(16)15-14-10-4-7-11-5-2-1-3-6-11/h1-7,10H,8H2,(H,15,16). The third-order valence-corrected chi connectivity index (χ3v) is 1.68. The van der Waals surface area contributed by atoms with Crippen molar-refractivity contribution >= 4 is 18.2 Å². The smallest absolute Gasteiger partial charge is 0.254 e. The molecular weight excluding hydrogens is 202 g/mol. The second kappa shape index (κ2) is 6.96. The maximum atomic E-state index is 10.8. The lowest BCUT2D eigenvalue weighted by Gasteiger charge is -1.91. The van der Waals surface area contributed by atoms with Crippen LogP contribution in [0.3, 0.4) is 0 Å². The van der Waals surface area contributed by atoms with Gasteiger partial charge in [-0.15, -0.1) is 0 Å². The number of nitrogens with one attached hydrogen (secondary N) is 1. The quantitative estimate of drug-likeness (QED) is 0.611. The topological polar surface area (TPSA) is 65.2 Å². The summed E-state index contributed by atoms with van der Waals surface area (Å²) >= 11 is 0. The summed E-state index contributed by atoms with van der Waals surface area (Å²) in [4.78, 5) is 10.8. The molecule has 4 nitrogen and oxygen atoms in total. The van der Waals surface area contributed by atoms with E-state index in [4.69, 9.17) is 5.26 Å². The van der Waals surface area contributed by atoms with Gasteiger partial charge in [0.25, 0.3) is 5.91 Å². The molecule has 16 heavy (non-hydrogen) atoms. The highest BCUT2D eigenvalue weighted by atomic mass is 16.2. The van der Waals surface area contributed by atoms with Gasteiger partial charge in [0.2, 0.25) is 0 Å². The van der Waals surface area contributed by atoms with Gasteiger partial charge >= 0.3 is 0 Å². The molecule has 0 aliphatic heterocycles. The van der Waals surface area contributed by atoms with Gasteiger partial charge in [-0.3, -0.25) is 4.79 Å². The number of hydrogen-bond acceptors (Lipinski definition) is 3. The van der Waals surface area contributed by atoms with Crippen LogP contribution < -0.4 is 5.43 Å². The van der Waals surface area contributed by atoms with Crippen LogP contribution in [0.25, 0.3) is 6.08 Å². The Bertz CT molecular complexity index is 429.